The van der Waals surface area contributed by atoms with Crippen LogP contribution in [0.4, 0.5) is 0 Å². The van der Waals surface area contributed by atoms with Gasteiger partial charge in [-0.05, 0) is 18.6 Å². The first-order chi connectivity index (χ1) is 11.6. The van der Waals surface area contributed by atoms with Crippen molar-refractivity contribution in [2.45, 2.75) is 19.4 Å². The summed E-state index contributed by atoms with van der Waals surface area (Å²) in [5.74, 6) is -1.20. The van der Waals surface area contributed by atoms with Gasteiger partial charge in [0.15, 0.2) is 11.7 Å². The van der Waals surface area contributed by atoms with Gasteiger partial charge in [-0.25, -0.2) is 4.98 Å². The largest absolute Gasteiger partial charge is 0.292 e. The fourth-order valence-corrected chi connectivity index (χ4v) is 3.31. The molecule has 24 heavy (non-hydrogen) atoms. The van der Waals surface area contributed by atoms with E-state index in [9.17, 15) is 10.1 Å². The Labute approximate surface area is 148 Å². The summed E-state index contributed by atoms with van der Waals surface area (Å²) in [5, 5.41) is 16.5. The van der Waals surface area contributed by atoms with Crippen molar-refractivity contribution in [2.24, 2.45) is 0 Å². The summed E-state index contributed by atoms with van der Waals surface area (Å²) in [4.78, 5) is 16.8. The van der Waals surface area contributed by atoms with Gasteiger partial charge in [0.1, 0.15) is 5.01 Å². The van der Waals surface area contributed by atoms with E-state index in [1.807, 2.05) is 42.6 Å². The zero-order valence-electron chi connectivity index (χ0n) is 12.8. The number of Topliss-reactive ketones (excluding diaryl/α,β-unsaturated/α-hetero) is 1. The van der Waals surface area contributed by atoms with E-state index in [0.29, 0.717) is 22.1 Å². The molecule has 5 nitrogen and oxygen atoms in total. The van der Waals surface area contributed by atoms with Crippen molar-refractivity contribution in [3.63, 3.8) is 0 Å². The van der Waals surface area contributed by atoms with Crippen LogP contribution in [0.5, 0.6) is 0 Å². The van der Waals surface area contributed by atoms with E-state index in [1.165, 1.54) is 17.5 Å². The molecule has 0 saturated heterocycles. The second-order valence-electron chi connectivity index (χ2n) is 5.27. The van der Waals surface area contributed by atoms with Gasteiger partial charge in [0.05, 0.1) is 24.4 Å². The van der Waals surface area contributed by atoms with Crippen LogP contribution in [0.1, 0.15) is 32.5 Å². The molecular weight excluding hydrogens is 344 g/mol. The number of benzene rings is 1. The van der Waals surface area contributed by atoms with E-state index >= 15 is 0 Å². The average molecular weight is 357 g/mol. The minimum Gasteiger partial charge on any atom is -0.292 e. The number of aromatic nitrogens is 3. The molecular formula is C17H13ClN4OS. The Balaban J connectivity index is 1.81. The van der Waals surface area contributed by atoms with Gasteiger partial charge in [-0.15, -0.1) is 11.3 Å². The van der Waals surface area contributed by atoms with Crippen LogP contribution in [0.2, 0.25) is 5.02 Å². The monoisotopic (exact) mass is 356 g/mol. The molecule has 120 valence electrons. The SMILES string of the molecule is Cc1csc(C(C#N)C(=O)c2cnn(Cc3ccccc3Cl)c2)n1. The zero-order valence-corrected chi connectivity index (χ0v) is 14.4. The molecule has 0 aliphatic rings. The fraction of sp³-hybridized carbons (Fsp3) is 0.176. The second-order valence-corrected chi connectivity index (χ2v) is 6.57. The molecule has 0 aliphatic heterocycles. The van der Waals surface area contributed by atoms with Crippen LogP contribution in [0.3, 0.4) is 0 Å². The fourth-order valence-electron chi connectivity index (χ4n) is 2.28. The number of hydrogen-bond acceptors (Lipinski definition) is 5. The lowest BCUT2D eigenvalue weighted by Gasteiger charge is -2.04. The highest BCUT2D eigenvalue weighted by molar-refractivity contribution is 7.10. The first-order valence-electron chi connectivity index (χ1n) is 7.20. The number of aryl methyl sites for hydroxylation is 1. The molecule has 7 heteroatoms. The molecule has 3 aromatic rings. The van der Waals surface area contributed by atoms with Gasteiger partial charge >= 0.3 is 0 Å². The molecule has 3 rings (SSSR count). The Morgan fingerprint density at radius 3 is 2.92 bits per heavy atom. The number of nitrogens with zero attached hydrogens (tertiary/aromatic N) is 4. The van der Waals surface area contributed by atoms with Crippen molar-refractivity contribution >= 4 is 28.7 Å². The van der Waals surface area contributed by atoms with Gasteiger partial charge in [-0.3, -0.25) is 9.48 Å². The van der Waals surface area contributed by atoms with E-state index in [-0.39, 0.29) is 5.78 Å². The highest BCUT2D eigenvalue weighted by Gasteiger charge is 2.25. The van der Waals surface area contributed by atoms with Crippen molar-refractivity contribution < 1.29 is 4.79 Å². The molecule has 1 atom stereocenters. The number of carbonyl (C=O) groups excluding carboxylic acids is 1. The van der Waals surface area contributed by atoms with Crippen LogP contribution >= 0.6 is 22.9 Å². The first kappa shape index (κ1) is 16.4. The van der Waals surface area contributed by atoms with Gasteiger partial charge in [-0.2, -0.15) is 10.4 Å². The van der Waals surface area contributed by atoms with Gasteiger partial charge in [-0.1, -0.05) is 29.8 Å². The van der Waals surface area contributed by atoms with Crippen molar-refractivity contribution in [3.05, 3.63) is 68.9 Å². The van der Waals surface area contributed by atoms with Crippen LogP contribution in [0.25, 0.3) is 0 Å². The minimum absolute atomic E-state index is 0.294. The number of ketones is 1. The third kappa shape index (κ3) is 3.37. The molecule has 0 saturated carbocycles. The number of carbonyl (C=O) groups is 1. The lowest BCUT2D eigenvalue weighted by Crippen LogP contribution is -2.10. The summed E-state index contributed by atoms with van der Waals surface area (Å²) in [5.41, 5.74) is 2.10. The second kappa shape index (κ2) is 6.95. The third-order valence-electron chi connectivity index (χ3n) is 3.48. The third-order valence-corrected chi connectivity index (χ3v) is 4.88. The average Bonchev–Trinajstić information content (AvgIpc) is 3.20. The molecule has 0 amide bonds. The number of nitriles is 1. The van der Waals surface area contributed by atoms with Crippen LogP contribution in [-0.2, 0) is 6.54 Å². The number of hydrogen-bond donors (Lipinski definition) is 0. The maximum absolute atomic E-state index is 12.6. The molecule has 0 N–H and O–H groups in total. The molecule has 2 aromatic heterocycles. The predicted octanol–water partition coefficient (Wildman–Crippen LogP) is 3.84. The normalized spacial score (nSPS) is 11.9. The topological polar surface area (TPSA) is 71.6 Å². The Morgan fingerprint density at radius 1 is 1.46 bits per heavy atom. The number of halogens is 1. The molecule has 2 heterocycles. The number of thiazole rings is 1. The van der Waals surface area contributed by atoms with Crippen molar-refractivity contribution in [3.8, 4) is 6.07 Å². The summed E-state index contributed by atoms with van der Waals surface area (Å²) in [6, 6.07) is 9.51. The van der Waals surface area contributed by atoms with E-state index < -0.39 is 5.92 Å². The standard InChI is InChI=1S/C17H13ClN4OS/c1-11-10-24-17(21-11)14(6-19)16(23)13-7-20-22(9-13)8-12-4-2-3-5-15(12)18/h2-5,7,9-10,14H,8H2,1H3. The summed E-state index contributed by atoms with van der Waals surface area (Å²) < 4.78 is 1.63. The zero-order chi connectivity index (χ0) is 17.1. The molecule has 1 unspecified atom stereocenters. The van der Waals surface area contributed by atoms with E-state index in [0.717, 1.165) is 11.3 Å². The minimum atomic E-state index is -0.901. The van der Waals surface area contributed by atoms with Gasteiger partial charge < -0.3 is 0 Å². The van der Waals surface area contributed by atoms with E-state index in [1.54, 1.807) is 10.9 Å². The van der Waals surface area contributed by atoms with E-state index in [2.05, 4.69) is 10.1 Å². The quantitative estimate of drug-likeness (QED) is 0.651. The van der Waals surface area contributed by atoms with E-state index in [4.69, 9.17) is 11.6 Å². The van der Waals surface area contributed by atoms with Crippen LogP contribution in [0, 0.1) is 18.3 Å². The number of rotatable bonds is 5. The Hall–Kier alpha value is -2.49. The first-order valence-corrected chi connectivity index (χ1v) is 8.46. The molecule has 0 fully saturated rings. The lowest BCUT2D eigenvalue weighted by atomic mass is 10.0. The van der Waals surface area contributed by atoms with Gasteiger partial charge in [0, 0.05) is 22.3 Å². The van der Waals surface area contributed by atoms with Crippen LogP contribution < -0.4 is 0 Å². The van der Waals surface area contributed by atoms with Crippen LogP contribution in [0.15, 0.2) is 42.0 Å². The highest BCUT2D eigenvalue weighted by atomic mass is 35.5. The molecule has 0 radical (unpaired) electrons. The molecule has 0 aliphatic carbocycles. The summed E-state index contributed by atoms with van der Waals surface area (Å²) in [6.45, 7) is 2.29. The summed E-state index contributed by atoms with van der Waals surface area (Å²) in [7, 11) is 0. The lowest BCUT2D eigenvalue weighted by molar-refractivity contribution is 0.0978. The van der Waals surface area contributed by atoms with Crippen molar-refractivity contribution in [1.82, 2.24) is 14.8 Å². The predicted molar refractivity (Wildman–Crippen MR) is 92.3 cm³/mol. The maximum Gasteiger partial charge on any atom is 0.190 e. The maximum atomic E-state index is 12.6. The Bertz CT molecular complexity index is 925. The van der Waals surface area contributed by atoms with Crippen molar-refractivity contribution in [2.75, 3.05) is 0 Å². The molecule has 0 spiro atoms. The highest BCUT2D eigenvalue weighted by Crippen LogP contribution is 2.24. The van der Waals surface area contributed by atoms with Crippen molar-refractivity contribution in [1.29, 1.82) is 5.26 Å². The van der Waals surface area contributed by atoms with Gasteiger partial charge in [0.2, 0.25) is 0 Å². The molecule has 0 bridgehead atoms. The van der Waals surface area contributed by atoms with Crippen LogP contribution in [-0.4, -0.2) is 20.5 Å². The van der Waals surface area contributed by atoms with Gasteiger partial charge in [0.25, 0.3) is 0 Å². The summed E-state index contributed by atoms with van der Waals surface area (Å²) in [6.07, 6.45) is 3.11. The summed E-state index contributed by atoms with van der Waals surface area (Å²) >= 11 is 7.46. The Morgan fingerprint density at radius 2 is 2.25 bits per heavy atom. The molecule has 1 aromatic carbocycles. The Kier molecular flexibility index (Phi) is 4.74. The smallest absolute Gasteiger partial charge is 0.190 e.